The van der Waals surface area contributed by atoms with E-state index in [1.807, 2.05) is 5.32 Å². The van der Waals surface area contributed by atoms with Crippen LogP contribution in [0.5, 0.6) is 5.75 Å². The van der Waals surface area contributed by atoms with Crippen LogP contribution in [0.1, 0.15) is 169 Å². The minimum atomic E-state index is -2.13. The molecule has 0 aliphatic heterocycles. The lowest BCUT2D eigenvalue weighted by atomic mass is 9.99. The molecule has 1 rings (SSSR count). The molecule has 0 spiro atoms. The Kier molecular flexibility index (Phi) is 48.9. The van der Waals surface area contributed by atoms with Crippen LogP contribution in [0.25, 0.3) is 0 Å². The standard InChI is InChI=1S/C73H116N20O29/c1-34(2)29-47(89-60(109)39(76)31-56(104)105)68(117)85-40(11-6-8-26-74)62(111)87-45(20-24-54(100)101)65(114)84-42(13-10-28-80-73(78)79)63(112)83-41(12-7-9-27-75)64(113)90-49(33-57(106)107)70(119)93-58(35(3)4)71(120)91-48(30-37-14-16-38(94)17-15-37)69(118)88-46(21-25-55(102)103)66(115)86-43(18-22-52(96)97)61(110)81-36(5)59(108)82-44(19-23-53(98)99)67(116)92-50(72(121)122)32-51(77)95/h14-17,34-36,39-50,58,94H,6-13,18-33,74-76H2,1-5H3,(H2,77,95)(H,81,110)(H,82,108)(H,83,112)(H,84,114)(H,85,117)(H,86,115)(H,87,111)(H,88,118)(H,89,109)(H,90,113)(H,91,120)(H,92,116)(H,93,119)(H,96,97)(H,98,99)(H,100,101)(H,102,103)(H,104,105)(H,106,107)(H,121,122)(H4,78,79,80)/t36-,39-,40-,41-,42-,43-,44-,45-,46-,47-,48-,49-,50-,58-/m0/s1. The fourth-order valence-electron chi connectivity index (χ4n) is 11.5. The van der Waals surface area contributed by atoms with E-state index in [9.17, 15) is 142 Å². The van der Waals surface area contributed by atoms with E-state index >= 15 is 0 Å². The average molecular weight is 1740 g/mol. The number of nitrogens with zero attached hydrogens (tertiary/aromatic N) is 1. The molecule has 0 saturated carbocycles. The number of phenols is 1. The molecule has 14 atom stereocenters. The molecular formula is C73H116N20O29. The zero-order valence-electron chi connectivity index (χ0n) is 68.1. The number of guanidine groups is 1. The Bertz CT molecular complexity index is 3840. The minimum Gasteiger partial charge on any atom is -0.508 e. The van der Waals surface area contributed by atoms with Crippen molar-refractivity contribution < 1.29 is 142 Å². The number of nitrogens with two attached hydrogens (primary N) is 6. The number of primary amides is 1. The molecule has 0 bridgehead atoms. The van der Waals surface area contributed by atoms with Gasteiger partial charge in [0.05, 0.1) is 25.3 Å². The van der Waals surface area contributed by atoms with Crippen molar-refractivity contribution in [2.45, 2.75) is 254 Å². The summed E-state index contributed by atoms with van der Waals surface area (Å²) in [6.07, 6.45) is -10.1. The topological polar surface area (TPSA) is 845 Å². The normalized spacial score (nSPS) is 14.4. The summed E-state index contributed by atoms with van der Waals surface area (Å²) in [5.74, 6) is -29.8. The number of nitrogens with one attached hydrogen (secondary N) is 13. The van der Waals surface area contributed by atoms with Crippen LogP contribution in [0.3, 0.4) is 0 Å². The third kappa shape index (κ3) is 43.7. The third-order valence-electron chi connectivity index (χ3n) is 18.0. The molecule has 682 valence electrons. The Morgan fingerprint density at radius 2 is 0.672 bits per heavy atom. The Morgan fingerprint density at radius 1 is 0.344 bits per heavy atom. The predicted octanol–water partition coefficient (Wildman–Crippen LogP) is -8.03. The van der Waals surface area contributed by atoms with Gasteiger partial charge in [-0.25, -0.2) is 4.79 Å². The molecule has 0 unspecified atom stereocenters. The molecule has 49 heteroatoms. The largest absolute Gasteiger partial charge is 0.508 e. The molecule has 0 radical (unpaired) electrons. The predicted molar refractivity (Wildman–Crippen MR) is 424 cm³/mol. The summed E-state index contributed by atoms with van der Waals surface area (Å²) in [4.78, 5) is 282. The van der Waals surface area contributed by atoms with Gasteiger partial charge in [0.2, 0.25) is 82.7 Å². The van der Waals surface area contributed by atoms with Gasteiger partial charge in [0.15, 0.2) is 5.96 Å². The molecule has 1 aromatic carbocycles. The first-order valence-electron chi connectivity index (χ1n) is 38.9. The molecular weight excluding hydrogens is 1620 g/mol. The quantitative estimate of drug-likeness (QED) is 0.0164. The SMILES string of the molecule is CC(C)C[C@H](NC(=O)[C@@H](N)CC(=O)O)C(=O)N[C@@H](CCCCN)C(=O)N[C@@H](CCC(=O)O)C(=O)N[C@@H](CCCN=C(N)N)C(=O)N[C@@H](CCCCN)C(=O)N[C@@H](CC(=O)O)C(=O)N[C@H](C(=O)N[C@@H](Cc1ccc(O)cc1)C(=O)N[C@@H](CCC(=O)O)C(=O)N[C@@H](CCC(=O)O)C(=O)N[C@@H](C)C(=O)N[C@@H](CCC(=O)O)C(=O)N[C@@H](CC(N)=O)C(=O)O)C(C)C. The summed E-state index contributed by atoms with van der Waals surface area (Å²) >= 11 is 0. The van der Waals surface area contributed by atoms with Gasteiger partial charge in [0.1, 0.15) is 84.3 Å². The molecule has 33 N–H and O–H groups in total. The Balaban J connectivity index is 3.89. The Morgan fingerprint density at radius 3 is 1.02 bits per heavy atom. The van der Waals surface area contributed by atoms with Crippen molar-refractivity contribution in [1.29, 1.82) is 0 Å². The second-order valence-electron chi connectivity index (χ2n) is 29.2. The highest BCUT2D eigenvalue weighted by Crippen LogP contribution is 2.17. The van der Waals surface area contributed by atoms with E-state index in [0.29, 0.717) is 6.42 Å². The van der Waals surface area contributed by atoms with Crippen molar-refractivity contribution in [2.24, 2.45) is 51.2 Å². The van der Waals surface area contributed by atoms with E-state index in [4.69, 9.17) is 34.4 Å². The van der Waals surface area contributed by atoms with Gasteiger partial charge in [-0.3, -0.25) is 101 Å². The van der Waals surface area contributed by atoms with Crippen molar-refractivity contribution in [3.05, 3.63) is 29.8 Å². The van der Waals surface area contributed by atoms with Crippen molar-refractivity contribution in [3.63, 3.8) is 0 Å². The molecule has 0 saturated heterocycles. The third-order valence-corrected chi connectivity index (χ3v) is 18.0. The van der Waals surface area contributed by atoms with Gasteiger partial charge in [-0.1, -0.05) is 39.8 Å². The van der Waals surface area contributed by atoms with Gasteiger partial charge >= 0.3 is 41.8 Å². The number of aromatic hydroxyl groups is 1. The van der Waals surface area contributed by atoms with Crippen LogP contribution >= 0.6 is 0 Å². The maximum Gasteiger partial charge on any atom is 0.326 e. The monoisotopic (exact) mass is 1740 g/mol. The van der Waals surface area contributed by atoms with E-state index in [1.165, 1.54) is 38.1 Å². The number of phenolic OH excluding ortho intramolecular Hbond substituents is 1. The van der Waals surface area contributed by atoms with E-state index in [0.717, 1.165) is 6.92 Å². The van der Waals surface area contributed by atoms with Crippen LogP contribution in [0, 0.1) is 11.8 Å². The lowest BCUT2D eigenvalue weighted by Crippen LogP contribution is -2.61. The van der Waals surface area contributed by atoms with Crippen LogP contribution in [0.4, 0.5) is 0 Å². The fourth-order valence-corrected chi connectivity index (χ4v) is 11.5. The summed E-state index contributed by atoms with van der Waals surface area (Å²) in [6, 6.07) is -20.2. The molecule has 0 heterocycles. The molecule has 122 heavy (non-hydrogen) atoms. The lowest BCUT2D eigenvalue weighted by Gasteiger charge is -2.29. The van der Waals surface area contributed by atoms with Gasteiger partial charge in [-0.15, -0.1) is 0 Å². The summed E-state index contributed by atoms with van der Waals surface area (Å²) < 4.78 is 0. The number of unbranched alkanes of at least 4 members (excludes halogenated alkanes) is 2. The number of rotatable bonds is 62. The first-order chi connectivity index (χ1) is 57.1. The smallest absolute Gasteiger partial charge is 0.326 e. The number of carbonyl (C=O) groups excluding carboxylic acids is 14. The van der Waals surface area contributed by atoms with Crippen molar-refractivity contribution >= 4 is 130 Å². The summed E-state index contributed by atoms with van der Waals surface area (Å²) in [5, 5.41) is 107. The van der Waals surface area contributed by atoms with Gasteiger partial charge in [0.25, 0.3) is 0 Å². The summed E-state index contributed by atoms with van der Waals surface area (Å²) in [7, 11) is 0. The van der Waals surface area contributed by atoms with Gasteiger partial charge in [0, 0.05) is 38.6 Å². The van der Waals surface area contributed by atoms with Gasteiger partial charge in [-0.05, 0) is 133 Å². The number of benzene rings is 1. The van der Waals surface area contributed by atoms with E-state index < -0.39 is 292 Å². The highest BCUT2D eigenvalue weighted by molar-refractivity contribution is 6.01. The molecule has 14 amide bonds. The zero-order valence-corrected chi connectivity index (χ0v) is 68.1. The van der Waals surface area contributed by atoms with Crippen LogP contribution in [0.2, 0.25) is 0 Å². The second kappa shape index (κ2) is 55.7. The van der Waals surface area contributed by atoms with Gasteiger partial charge < -0.3 is 144 Å². The fraction of sp³-hybridized carbons (Fsp3) is 0.616. The highest BCUT2D eigenvalue weighted by atomic mass is 16.4. The first kappa shape index (κ1) is 107. The minimum absolute atomic E-state index is 0.0229. The molecule has 1 aromatic rings. The molecule has 0 aliphatic rings. The number of amides is 14. The number of hydrogen-bond donors (Lipinski definition) is 27. The Hall–Kier alpha value is -13.0. The van der Waals surface area contributed by atoms with Crippen LogP contribution < -0.4 is 104 Å². The molecule has 0 fully saturated rings. The summed E-state index contributed by atoms with van der Waals surface area (Å²) in [6.45, 7) is 7.09. The van der Waals surface area contributed by atoms with E-state index in [2.05, 4.69) is 68.8 Å². The maximum atomic E-state index is 14.7. The second-order valence-corrected chi connectivity index (χ2v) is 29.2. The zero-order chi connectivity index (χ0) is 92.8. The van der Waals surface area contributed by atoms with Crippen LogP contribution in [0.15, 0.2) is 29.3 Å². The average Bonchev–Trinajstić information content (AvgIpc) is 0.844. The van der Waals surface area contributed by atoms with E-state index in [1.54, 1.807) is 13.8 Å². The number of carboxylic acid groups (broad SMARTS) is 7. The number of aliphatic imine (C=N–C) groups is 1. The number of hydrogen-bond acceptors (Lipinski definition) is 26. The van der Waals surface area contributed by atoms with Crippen molar-refractivity contribution in [1.82, 2.24) is 69.1 Å². The summed E-state index contributed by atoms with van der Waals surface area (Å²) in [5.41, 5.74) is 33.6. The highest BCUT2D eigenvalue weighted by Gasteiger charge is 2.40. The molecule has 49 nitrogen and oxygen atoms in total. The van der Waals surface area contributed by atoms with Crippen molar-refractivity contribution in [3.8, 4) is 5.75 Å². The number of aliphatic carboxylic acids is 7. The van der Waals surface area contributed by atoms with E-state index in [-0.39, 0.29) is 94.2 Å². The first-order valence-corrected chi connectivity index (χ1v) is 38.9. The number of carbonyl (C=O) groups is 21. The van der Waals surface area contributed by atoms with Crippen molar-refractivity contribution in [2.75, 3.05) is 19.6 Å². The maximum absolute atomic E-state index is 14.7. The molecule has 0 aromatic heterocycles. The van der Waals surface area contributed by atoms with Gasteiger partial charge in [-0.2, -0.15) is 0 Å². The van der Waals surface area contributed by atoms with Crippen LogP contribution in [-0.2, 0) is 107 Å². The lowest BCUT2D eigenvalue weighted by molar-refractivity contribution is -0.144. The van der Waals surface area contributed by atoms with Crippen LogP contribution in [-0.4, -0.2) is 276 Å². The molecule has 0 aliphatic carbocycles. The number of carboxylic acids is 7. The Labute approximate surface area is 699 Å².